The van der Waals surface area contributed by atoms with Crippen LogP contribution in [0.2, 0.25) is 0 Å². The lowest BCUT2D eigenvalue weighted by Gasteiger charge is -2.39. The molecule has 9 heteroatoms. The molecule has 1 N–H and O–H groups in total. The van der Waals surface area contributed by atoms with Crippen molar-refractivity contribution < 1.29 is 4.39 Å². The molecule has 0 aliphatic carbocycles. The highest BCUT2D eigenvalue weighted by molar-refractivity contribution is 5.85. The zero-order valence-electron chi connectivity index (χ0n) is 22.0. The van der Waals surface area contributed by atoms with Gasteiger partial charge < -0.3 is 9.88 Å². The lowest BCUT2D eigenvalue weighted by atomic mass is 9.99. The van der Waals surface area contributed by atoms with Crippen molar-refractivity contribution in [2.45, 2.75) is 26.4 Å². The minimum atomic E-state index is -0.473. The highest BCUT2D eigenvalue weighted by Crippen LogP contribution is 2.31. The van der Waals surface area contributed by atoms with E-state index in [4.69, 9.17) is 0 Å². The van der Waals surface area contributed by atoms with E-state index in [0.29, 0.717) is 49.8 Å². The van der Waals surface area contributed by atoms with Crippen LogP contribution in [-0.4, -0.2) is 56.3 Å². The summed E-state index contributed by atoms with van der Waals surface area (Å²) in [5, 5.41) is 13.8. The summed E-state index contributed by atoms with van der Waals surface area (Å²) in [6, 6.07) is 22.5. The van der Waals surface area contributed by atoms with Gasteiger partial charge in [0.15, 0.2) is 5.82 Å². The van der Waals surface area contributed by atoms with Crippen LogP contribution in [0.3, 0.4) is 0 Å². The summed E-state index contributed by atoms with van der Waals surface area (Å²) in [7, 11) is 0. The fraction of sp³-hybridized carbons (Fsp3) is 0.267. The van der Waals surface area contributed by atoms with Crippen LogP contribution >= 0.6 is 0 Å². The highest BCUT2D eigenvalue weighted by atomic mass is 19.1. The minimum absolute atomic E-state index is 0.160. The summed E-state index contributed by atoms with van der Waals surface area (Å²) in [6.07, 6.45) is 0. The van der Waals surface area contributed by atoms with E-state index in [9.17, 15) is 9.18 Å². The van der Waals surface area contributed by atoms with Gasteiger partial charge in [0.25, 0.3) is 5.56 Å². The molecule has 3 aromatic carbocycles. The van der Waals surface area contributed by atoms with Crippen molar-refractivity contribution in [2.24, 2.45) is 0 Å². The number of rotatable bonds is 6. The maximum atomic E-state index is 14.5. The van der Waals surface area contributed by atoms with E-state index in [0.717, 1.165) is 27.6 Å². The predicted molar refractivity (Wildman–Crippen MR) is 149 cm³/mol. The van der Waals surface area contributed by atoms with Crippen molar-refractivity contribution >= 4 is 16.6 Å². The summed E-state index contributed by atoms with van der Waals surface area (Å²) in [5.41, 5.74) is 5.04. The molecule has 0 unspecified atom stereocenters. The lowest BCUT2D eigenvalue weighted by Crippen LogP contribution is -2.49. The van der Waals surface area contributed by atoms with Crippen LogP contribution in [0.1, 0.15) is 34.1 Å². The first-order chi connectivity index (χ1) is 19.0. The van der Waals surface area contributed by atoms with Gasteiger partial charge in [0, 0.05) is 37.1 Å². The van der Waals surface area contributed by atoms with E-state index in [1.807, 2.05) is 73.3 Å². The first kappa shape index (κ1) is 24.9. The number of pyridine rings is 1. The summed E-state index contributed by atoms with van der Waals surface area (Å²) in [5.74, 6) is 0.375. The number of halogens is 1. The highest BCUT2D eigenvalue weighted by Gasteiger charge is 2.33. The summed E-state index contributed by atoms with van der Waals surface area (Å²) in [6.45, 7) is 6.98. The van der Waals surface area contributed by atoms with Crippen molar-refractivity contribution in [3.63, 3.8) is 0 Å². The second-order valence-electron chi connectivity index (χ2n) is 10.1. The number of tetrazole rings is 1. The number of benzene rings is 3. The number of nitrogens with zero attached hydrogens (tertiary/aromatic N) is 6. The zero-order chi connectivity index (χ0) is 26.9. The second-order valence-corrected chi connectivity index (χ2v) is 10.1. The quantitative estimate of drug-likeness (QED) is 0.359. The molecule has 6 rings (SSSR count). The largest absolute Gasteiger partial charge is 0.367 e. The fourth-order valence-corrected chi connectivity index (χ4v) is 5.50. The zero-order valence-corrected chi connectivity index (χ0v) is 22.0. The third-order valence-corrected chi connectivity index (χ3v) is 7.62. The number of anilines is 1. The number of fused-ring (bicyclic) bond motifs is 1. The number of hydrogen-bond donors (Lipinski definition) is 1. The molecule has 39 heavy (non-hydrogen) atoms. The minimum Gasteiger partial charge on any atom is -0.367 e. The topological polar surface area (TPSA) is 82.9 Å². The molecule has 1 aliphatic rings. The average Bonchev–Trinajstić information content (AvgIpc) is 3.40. The number of aromatic nitrogens is 5. The Morgan fingerprint density at radius 1 is 0.923 bits per heavy atom. The summed E-state index contributed by atoms with van der Waals surface area (Å²) >= 11 is 0. The van der Waals surface area contributed by atoms with E-state index < -0.39 is 6.04 Å². The van der Waals surface area contributed by atoms with E-state index in [2.05, 4.69) is 31.5 Å². The van der Waals surface area contributed by atoms with Crippen LogP contribution in [-0.2, 0) is 6.54 Å². The molecule has 0 radical (unpaired) electrons. The molecule has 2 aromatic heterocycles. The van der Waals surface area contributed by atoms with Crippen molar-refractivity contribution in [1.82, 2.24) is 30.1 Å². The molecule has 0 bridgehead atoms. The predicted octanol–water partition coefficient (Wildman–Crippen LogP) is 4.23. The third-order valence-electron chi connectivity index (χ3n) is 7.62. The molecule has 5 aromatic rings. The molecule has 8 nitrogen and oxygen atoms in total. The van der Waals surface area contributed by atoms with Gasteiger partial charge in [-0.3, -0.25) is 9.69 Å². The molecular formula is C30H30FN7O. The van der Waals surface area contributed by atoms with Crippen LogP contribution in [0.5, 0.6) is 0 Å². The summed E-state index contributed by atoms with van der Waals surface area (Å²) < 4.78 is 16.3. The fourth-order valence-electron chi connectivity index (χ4n) is 5.50. The first-order valence-electron chi connectivity index (χ1n) is 13.2. The van der Waals surface area contributed by atoms with Crippen LogP contribution in [0.25, 0.3) is 10.9 Å². The molecule has 0 amide bonds. The van der Waals surface area contributed by atoms with Gasteiger partial charge in [-0.15, -0.1) is 5.10 Å². The van der Waals surface area contributed by atoms with Crippen molar-refractivity contribution in [3.8, 4) is 0 Å². The van der Waals surface area contributed by atoms with Crippen molar-refractivity contribution in [3.05, 3.63) is 117 Å². The monoisotopic (exact) mass is 523 g/mol. The number of nitrogens with one attached hydrogen (secondary N) is 1. The molecule has 0 spiro atoms. The smallest absolute Gasteiger partial charge is 0.253 e. The molecule has 1 atom stereocenters. The maximum absolute atomic E-state index is 14.5. The number of hydrogen-bond acceptors (Lipinski definition) is 6. The van der Waals surface area contributed by atoms with Gasteiger partial charge in [-0.2, -0.15) is 0 Å². The second kappa shape index (κ2) is 10.4. The molecule has 1 fully saturated rings. The normalized spacial score (nSPS) is 15.1. The van der Waals surface area contributed by atoms with Crippen LogP contribution in [0.15, 0.2) is 77.6 Å². The molecule has 198 valence electrons. The Kier molecular flexibility index (Phi) is 6.66. The Morgan fingerprint density at radius 2 is 1.64 bits per heavy atom. The Labute approximate surface area is 225 Å². The van der Waals surface area contributed by atoms with Crippen LogP contribution < -0.4 is 10.5 Å². The Balaban J connectivity index is 1.42. The van der Waals surface area contributed by atoms with Gasteiger partial charge >= 0.3 is 0 Å². The van der Waals surface area contributed by atoms with E-state index in [1.165, 1.54) is 6.07 Å². The average molecular weight is 524 g/mol. The third kappa shape index (κ3) is 4.81. The molecule has 3 heterocycles. The van der Waals surface area contributed by atoms with Gasteiger partial charge in [-0.05, 0) is 59.2 Å². The van der Waals surface area contributed by atoms with Crippen molar-refractivity contribution in [1.29, 1.82) is 0 Å². The Bertz CT molecular complexity index is 1670. The number of H-pyrrole nitrogens is 1. The van der Waals surface area contributed by atoms with Crippen molar-refractivity contribution in [2.75, 3.05) is 31.1 Å². The van der Waals surface area contributed by atoms with Gasteiger partial charge in [0.1, 0.15) is 11.9 Å². The van der Waals surface area contributed by atoms with E-state index in [-0.39, 0.29) is 11.4 Å². The summed E-state index contributed by atoms with van der Waals surface area (Å²) in [4.78, 5) is 21.1. The van der Waals surface area contributed by atoms with E-state index in [1.54, 1.807) is 10.7 Å². The first-order valence-corrected chi connectivity index (χ1v) is 13.2. The Morgan fingerprint density at radius 3 is 2.41 bits per heavy atom. The number of para-hydroxylation sites is 1. The standard InChI is InChI=1S/C30H30FN7O/c1-20-12-13-21(2)27-23(20)18-24(30(39)32-27)28(29-33-34-35-38(29)19-22-8-4-3-5-9-22)37-16-14-36(15-17-37)26-11-7-6-10-25(26)31/h3-13,18,28H,14-17,19H2,1-2H3,(H,32,39)/t28-/m0/s1. The number of aryl methyl sites for hydroxylation is 2. The molecule has 1 saturated heterocycles. The SMILES string of the molecule is Cc1ccc(C)c2[nH]c(=O)c([C@@H](c3nnnn3Cc3ccccc3)N3CCN(c4ccccc4F)CC3)cc12. The molecule has 1 aliphatic heterocycles. The number of aromatic amines is 1. The Hall–Kier alpha value is -4.37. The maximum Gasteiger partial charge on any atom is 0.253 e. The lowest BCUT2D eigenvalue weighted by molar-refractivity contribution is 0.200. The number of piperazine rings is 1. The molecule has 0 saturated carbocycles. The van der Waals surface area contributed by atoms with Crippen LogP contribution in [0.4, 0.5) is 10.1 Å². The van der Waals surface area contributed by atoms with Gasteiger partial charge in [0.2, 0.25) is 0 Å². The molecular weight excluding hydrogens is 493 g/mol. The van der Waals surface area contributed by atoms with Crippen LogP contribution in [0, 0.1) is 19.7 Å². The van der Waals surface area contributed by atoms with E-state index >= 15 is 0 Å². The van der Waals surface area contributed by atoms with Gasteiger partial charge in [0.05, 0.1) is 17.7 Å². The van der Waals surface area contributed by atoms with Gasteiger partial charge in [-0.25, -0.2) is 9.07 Å². The van der Waals surface area contributed by atoms with Gasteiger partial charge in [-0.1, -0.05) is 54.6 Å².